The van der Waals surface area contributed by atoms with Crippen LogP contribution in [-0.4, -0.2) is 30.2 Å². The molecule has 0 amide bonds. The van der Waals surface area contributed by atoms with Gasteiger partial charge >= 0.3 is 0 Å². The van der Waals surface area contributed by atoms with Gasteiger partial charge in [0.2, 0.25) is 0 Å². The second-order valence-corrected chi connectivity index (χ2v) is 7.88. The summed E-state index contributed by atoms with van der Waals surface area (Å²) in [4.78, 5) is 15.6. The molecule has 1 N–H and O–H groups in total. The number of hydrogen-bond donors (Lipinski definition) is 1. The predicted molar refractivity (Wildman–Crippen MR) is 76.3 cm³/mol. The normalized spacial score (nSPS) is 12.8. The minimum Gasteiger partial charge on any atom is -0.360 e. The van der Waals surface area contributed by atoms with Gasteiger partial charge in [-0.15, -0.1) is 0 Å². The Bertz CT molecular complexity index is 754. The third kappa shape index (κ3) is 2.08. The molecule has 2 rings (SSSR count). The monoisotopic (exact) mass is 279 g/mol. The van der Waals surface area contributed by atoms with E-state index in [0.717, 1.165) is 22.7 Å². The van der Waals surface area contributed by atoms with E-state index in [9.17, 15) is 13.2 Å². The van der Waals surface area contributed by atoms with Gasteiger partial charge in [-0.25, -0.2) is 8.42 Å². The van der Waals surface area contributed by atoms with Gasteiger partial charge in [0.05, 0.1) is 0 Å². The molecule has 1 aromatic carbocycles. The molecule has 4 nitrogen and oxygen atoms in total. The number of H-pyrrole nitrogens is 1. The molecule has 19 heavy (non-hydrogen) atoms. The summed E-state index contributed by atoms with van der Waals surface area (Å²) in [6.07, 6.45) is 2.68. The lowest BCUT2D eigenvalue weighted by Crippen LogP contribution is -2.39. The molecule has 0 saturated carbocycles. The van der Waals surface area contributed by atoms with Crippen LogP contribution in [0.2, 0.25) is 0 Å². The third-order valence-corrected chi connectivity index (χ3v) is 5.67. The number of ketones is 1. The number of carbonyl (C=O) groups is 1. The topological polar surface area (TPSA) is 67.0 Å². The van der Waals surface area contributed by atoms with E-state index in [1.165, 1.54) is 13.8 Å². The first-order chi connectivity index (χ1) is 8.66. The summed E-state index contributed by atoms with van der Waals surface area (Å²) < 4.78 is 22.1. The molecule has 0 saturated heterocycles. The average molecular weight is 279 g/mol. The van der Waals surface area contributed by atoms with E-state index >= 15 is 0 Å². The van der Waals surface area contributed by atoms with Crippen LogP contribution in [0.4, 0.5) is 0 Å². The molecule has 0 aliphatic carbocycles. The number of aromatic amines is 1. The Morgan fingerprint density at radius 1 is 1.26 bits per heavy atom. The van der Waals surface area contributed by atoms with Crippen molar-refractivity contribution in [3.05, 3.63) is 35.5 Å². The van der Waals surface area contributed by atoms with Gasteiger partial charge in [-0.3, -0.25) is 4.79 Å². The SMILES string of the molecule is Cc1cccc2[nH]cc(C(=O)C(C)(C)S(C)(=O)=O)c12. The van der Waals surface area contributed by atoms with Crippen molar-refractivity contribution in [1.82, 2.24) is 4.98 Å². The summed E-state index contributed by atoms with van der Waals surface area (Å²) in [5, 5.41) is 0.796. The number of benzene rings is 1. The molecule has 2 aromatic rings. The highest BCUT2D eigenvalue weighted by atomic mass is 32.2. The number of aryl methyl sites for hydroxylation is 1. The van der Waals surface area contributed by atoms with Crippen LogP contribution in [-0.2, 0) is 9.84 Å². The van der Waals surface area contributed by atoms with E-state index in [-0.39, 0.29) is 5.78 Å². The number of aromatic nitrogens is 1. The Hall–Kier alpha value is -1.62. The maximum atomic E-state index is 12.5. The second kappa shape index (κ2) is 4.20. The highest BCUT2D eigenvalue weighted by Gasteiger charge is 2.39. The van der Waals surface area contributed by atoms with E-state index in [1.54, 1.807) is 6.20 Å². The Balaban J connectivity index is 2.67. The zero-order valence-corrected chi connectivity index (χ0v) is 12.3. The van der Waals surface area contributed by atoms with Crippen molar-refractivity contribution >= 4 is 26.5 Å². The molecule has 0 radical (unpaired) electrons. The van der Waals surface area contributed by atoms with Crippen molar-refractivity contribution in [2.45, 2.75) is 25.5 Å². The van der Waals surface area contributed by atoms with Gasteiger partial charge in [0.15, 0.2) is 15.6 Å². The van der Waals surface area contributed by atoms with Gasteiger partial charge in [-0.1, -0.05) is 12.1 Å². The third-order valence-electron chi connectivity index (χ3n) is 3.63. The van der Waals surface area contributed by atoms with Gasteiger partial charge < -0.3 is 4.98 Å². The zero-order valence-electron chi connectivity index (χ0n) is 11.4. The van der Waals surface area contributed by atoms with Crippen LogP contribution in [0.25, 0.3) is 10.9 Å². The fourth-order valence-electron chi connectivity index (χ4n) is 2.04. The number of hydrogen-bond acceptors (Lipinski definition) is 3. The summed E-state index contributed by atoms with van der Waals surface area (Å²) in [7, 11) is -3.47. The van der Waals surface area contributed by atoms with Crippen molar-refractivity contribution < 1.29 is 13.2 Å². The largest absolute Gasteiger partial charge is 0.360 e. The maximum absolute atomic E-state index is 12.5. The molecule has 5 heteroatoms. The van der Waals surface area contributed by atoms with Gasteiger partial charge in [0.25, 0.3) is 0 Å². The molecule has 0 spiro atoms. The van der Waals surface area contributed by atoms with Crippen molar-refractivity contribution in [2.24, 2.45) is 0 Å². The summed E-state index contributed by atoms with van der Waals surface area (Å²) in [6, 6.07) is 5.66. The predicted octanol–water partition coefficient (Wildman–Crippen LogP) is 2.48. The van der Waals surface area contributed by atoms with Gasteiger partial charge in [-0.2, -0.15) is 0 Å². The van der Waals surface area contributed by atoms with Crippen LogP contribution in [0.3, 0.4) is 0 Å². The smallest absolute Gasteiger partial charge is 0.185 e. The molecule has 0 unspecified atom stereocenters. The summed E-state index contributed by atoms with van der Waals surface area (Å²) >= 11 is 0. The van der Waals surface area contributed by atoms with Crippen LogP contribution in [0.5, 0.6) is 0 Å². The van der Waals surface area contributed by atoms with Crippen LogP contribution >= 0.6 is 0 Å². The average Bonchev–Trinajstić information content (AvgIpc) is 2.71. The van der Waals surface area contributed by atoms with Crippen LogP contribution in [0.1, 0.15) is 29.8 Å². The fraction of sp³-hybridized carbons (Fsp3) is 0.357. The standard InChI is InChI=1S/C14H17NO3S/c1-9-6-5-7-11-12(9)10(8-15-11)13(16)14(2,3)19(4,17)18/h5-8,15H,1-4H3. The Labute approximate surface area is 112 Å². The first-order valence-corrected chi connectivity index (χ1v) is 7.86. The zero-order chi connectivity index (χ0) is 14.4. The molecule has 0 fully saturated rings. The number of nitrogens with one attached hydrogen (secondary N) is 1. The molecule has 0 bridgehead atoms. The molecule has 102 valence electrons. The van der Waals surface area contributed by atoms with Gasteiger partial charge in [0, 0.05) is 28.9 Å². The van der Waals surface area contributed by atoms with E-state index in [2.05, 4.69) is 4.98 Å². The molecular weight excluding hydrogens is 262 g/mol. The number of fused-ring (bicyclic) bond motifs is 1. The quantitative estimate of drug-likeness (QED) is 0.878. The minimum absolute atomic E-state index is 0.379. The number of sulfone groups is 1. The summed E-state index contributed by atoms with van der Waals surface area (Å²) in [5.74, 6) is -0.379. The first-order valence-electron chi connectivity index (χ1n) is 5.97. The van der Waals surface area contributed by atoms with E-state index in [1.807, 2.05) is 25.1 Å². The van der Waals surface area contributed by atoms with Crippen LogP contribution in [0, 0.1) is 6.92 Å². The molecule has 1 heterocycles. The Kier molecular flexibility index (Phi) is 3.05. The summed E-state index contributed by atoms with van der Waals surface area (Å²) in [6.45, 7) is 4.80. The van der Waals surface area contributed by atoms with E-state index < -0.39 is 14.6 Å². The van der Waals surface area contributed by atoms with Gasteiger partial charge in [0.1, 0.15) is 4.75 Å². The second-order valence-electron chi connectivity index (χ2n) is 5.31. The maximum Gasteiger partial charge on any atom is 0.185 e. The number of carbonyl (C=O) groups excluding carboxylic acids is 1. The summed E-state index contributed by atoms with van der Waals surface area (Å²) in [5.41, 5.74) is 2.22. The number of Topliss-reactive ketones (excluding diaryl/α,β-unsaturated/α-hetero) is 1. The van der Waals surface area contributed by atoms with Crippen LogP contribution in [0.15, 0.2) is 24.4 Å². The van der Waals surface area contributed by atoms with Crippen LogP contribution < -0.4 is 0 Å². The molecule has 0 aliphatic heterocycles. The Morgan fingerprint density at radius 3 is 2.47 bits per heavy atom. The highest BCUT2D eigenvalue weighted by molar-refractivity contribution is 7.92. The van der Waals surface area contributed by atoms with Crippen molar-refractivity contribution in [2.75, 3.05) is 6.26 Å². The minimum atomic E-state index is -3.47. The van der Waals surface area contributed by atoms with Gasteiger partial charge in [-0.05, 0) is 32.4 Å². The lowest BCUT2D eigenvalue weighted by atomic mass is 9.97. The van der Waals surface area contributed by atoms with Crippen molar-refractivity contribution in [3.8, 4) is 0 Å². The molecule has 1 aromatic heterocycles. The lowest BCUT2D eigenvalue weighted by Gasteiger charge is -2.20. The number of rotatable bonds is 3. The van der Waals surface area contributed by atoms with E-state index in [4.69, 9.17) is 0 Å². The Morgan fingerprint density at radius 2 is 1.89 bits per heavy atom. The van der Waals surface area contributed by atoms with E-state index in [0.29, 0.717) is 5.56 Å². The first kappa shape index (κ1) is 13.8. The molecule has 0 atom stereocenters. The van der Waals surface area contributed by atoms with Crippen molar-refractivity contribution in [3.63, 3.8) is 0 Å². The highest BCUT2D eigenvalue weighted by Crippen LogP contribution is 2.28. The van der Waals surface area contributed by atoms with Crippen molar-refractivity contribution in [1.29, 1.82) is 0 Å². The molecule has 0 aliphatic rings. The fourth-order valence-corrected chi connectivity index (χ4v) is 2.49. The lowest BCUT2D eigenvalue weighted by molar-refractivity contribution is 0.0955. The molecular formula is C14H17NO3S.